The van der Waals surface area contributed by atoms with Gasteiger partial charge < -0.3 is 4.90 Å². The zero-order chi connectivity index (χ0) is 15.5. The fourth-order valence-electron chi connectivity index (χ4n) is 3.29. The van der Waals surface area contributed by atoms with Gasteiger partial charge in [-0.2, -0.15) is 0 Å². The van der Waals surface area contributed by atoms with Crippen molar-refractivity contribution in [2.75, 3.05) is 4.90 Å². The molecule has 2 aliphatic carbocycles. The molecule has 2 heteroatoms. The highest BCUT2D eigenvalue weighted by Crippen LogP contribution is 2.31. The van der Waals surface area contributed by atoms with Crippen molar-refractivity contribution in [1.82, 2.24) is 0 Å². The molecule has 0 N–H and O–H groups in total. The van der Waals surface area contributed by atoms with Crippen LogP contribution in [-0.4, -0.2) is 12.1 Å². The van der Waals surface area contributed by atoms with Crippen molar-refractivity contribution in [1.29, 1.82) is 0 Å². The largest absolute Gasteiger partial charge is 0.358 e. The Labute approximate surface area is 138 Å². The van der Waals surface area contributed by atoms with Crippen LogP contribution in [0.3, 0.4) is 0 Å². The molecule has 1 aromatic rings. The molecule has 0 heterocycles. The molecule has 0 amide bonds. The summed E-state index contributed by atoms with van der Waals surface area (Å²) in [7, 11) is 0. The summed E-state index contributed by atoms with van der Waals surface area (Å²) in [4.78, 5) is 2.50. The van der Waals surface area contributed by atoms with Crippen molar-refractivity contribution in [2.45, 2.75) is 38.8 Å². The maximum absolute atomic E-state index is 6.07. The van der Waals surface area contributed by atoms with Gasteiger partial charge in [0.05, 0.1) is 6.04 Å². The van der Waals surface area contributed by atoms with Gasteiger partial charge in [0.25, 0.3) is 0 Å². The molecule has 0 saturated carbocycles. The van der Waals surface area contributed by atoms with Gasteiger partial charge >= 0.3 is 0 Å². The standard InChI is InChI=1S/C20H22ClN/c1-15(17-7-3-4-8-17)22(16(2)18-9-5-6-10-18)20-13-11-19(21)12-14-20/h3-5,7,9-16H,6,8H2,1-2H3. The quantitative estimate of drug-likeness (QED) is 0.674. The van der Waals surface area contributed by atoms with Crippen molar-refractivity contribution >= 4 is 17.3 Å². The second-order valence-electron chi connectivity index (χ2n) is 5.95. The summed E-state index contributed by atoms with van der Waals surface area (Å²) in [6.45, 7) is 4.58. The summed E-state index contributed by atoms with van der Waals surface area (Å²) < 4.78 is 0. The monoisotopic (exact) mass is 311 g/mol. The first-order valence-corrected chi connectivity index (χ1v) is 8.30. The van der Waals surface area contributed by atoms with Crippen molar-refractivity contribution in [3.05, 3.63) is 76.9 Å². The molecule has 114 valence electrons. The number of hydrogen-bond acceptors (Lipinski definition) is 1. The van der Waals surface area contributed by atoms with E-state index in [-0.39, 0.29) is 0 Å². The number of nitrogens with zero attached hydrogens (tertiary/aromatic N) is 1. The highest BCUT2D eigenvalue weighted by Gasteiger charge is 2.25. The van der Waals surface area contributed by atoms with Gasteiger partial charge in [-0.1, -0.05) is 48.1 Å². The van der Waals surface area contributed by atoms with Gasteiger partial charge in [0, 0.05) is 16.8 Å². The Morgan fingerprint density at radius 3 is 2.41 bits per heavy atom. The van der Waals surface area contributed by atoms with Crippen LogP contribution in [0.25, 0.3) is 0 Å². The smallest absolute Gasteiger partial charge is 0.0517 e. The van der Waals surface area contributed by atoms with Crippen molar-refractivity contribution in [3.63, 3.8) is 0 Å². The van der Waals surface area contributed by atoms with Crippen molar-refractivity contribution in [3.8, 4) is 0 Å². The van der Waals surface area contributed by atoms with Crippen LogP contribution in [-0.2, 0) is 0 Å². The highest BCUT2D eigenvalue weighted by atomic mass is 35.5. The lowest BCUT2D eigenvalue weighted by Crippen LogP contribution is -2.42. The maximum Gasteiger partial charge on any atom is 0.0517 e. The van der Waals surface area contributed by atoms with E-state index in [4.69, 9.17) is 11.6 Å². The lowest BCUT2D eigenvalue weighted by molar-refractivity contribution is 0.641. The molecular weight excluding hydrogens is 290 g/mol. The average Bonchev–Trinajstić information content (AvgIpc) is 3.22. The predicted molar refractivity (Wildman–Crippen MR) is 96.5 cm³/mol. The lowest BCUT2D eigenvalue weighted by atomic mass is 10.00. The van der Waals surface area contributed by atoms with E-state index in [1.807, 2.05) is 12.1 Å². The Balaban J connectivity index is 1.94. The van der Waals surface area contributed by atoms with Crippen LogP contribution in [0.15, 0.2) is 71.9 Å². The SMILES string of the molecule is CC(C1=CCC=C1)N(c1ccc(Cl)cc1)C(C)C1=CC=CC1. The average molecular weight is 312 g/mol. The van der Waals surface area contributed by atoms with Crippen LogP contribution < -0.4 is 4.90 Å². The molecule has 0 fully saturated rings. The first-order valence-electron chi connectivity index (χ1n) is 7.93. The number of halogens is 1. The van der Waals surface area contributed by atoms with Crippen molar-refractivity contribution in [2.24, 2.45) is 0 Å². The Bertz CT molecular complexity index is 649. The van der Waals surface area contributed by atoms with Crippen molar-refractivity contribution < 1.29 is 0 Å². The minimum Gasteiger partial charge on any atom is -0.358 e. The molecule has 1 aromatic carbocycles. The summed E-state index contributed by atoms with van der Waals surface area (Å²) in [5, 5.41) is 0.783. The van der Waals surface area contributed by atoms with E-state index in [0.29, 0.717) is 12.1 Å². The Hall–Kier alpha value is -1.73. The molecule has 22 heavy (non-hydrogen) atoms. The normalized spacial score (nSPS) is 19.0. The molecule has 1 nitrogen and oxygen atoms in total. The van der Waals surface area contributed by atoms with E-state index in [1.165, 1.54) is 16.8 Å². The molecule has 2 aliphatic rings. The van der Waals surface area contributed by atoms with Gasteiger partial charge in [-0.25, -0.2) is 0 Å². The molecule has 0 radical (unpaired) electrons. The van der Waals surface area contributed by atoms with Gasteiger partial charge in [0.15, 0.2) is 0 Å². The Morgan fingerprint density at radius 2 is 1.82 bits per heavy atom. The fraction of sp³-hybridized carbons (Fsp3) is 0.300. The molecule has 0 saturated heterocycles. The van der Waals surface area contributed by atoms with E-state index in [9.17, 15) is 0 Å². The maximum atomic E-state index is 6.07. The molecule has 2 atom stereocenters. The third-order valence-electron chi connectivity index (χ3n) is 4.58. The van der Waals surface area contributed by atoms with E-state index in [0.717, 1.165) is 17.9 Å². The van der Waals surface area contributed by atoms with E-state index in [1.54, 1.807) is 0 Å². The van der Waals surface area contributed by atoms with Gasteiger partial charge in [0.1, 0.15) is 0 Å². The molecule has 0 bridgehead atoms. The second-order valence-corrected chi connectivity index (χ2v) is 6.39. The number of hydrogen-bond donors (Lipinski definition) is 0. The predicted octanol–water partition coefficient (Wildman–Crippen LogP) is 5.70. The van der Waals surface area contributed by atoms with Gasteiger partial charge in [-0.3, -0.25) is 0 Å². The van der Waals surface area contributed by atoms with Crippen LogP contribution in [0.1, 0.15) is 26.7 Å². The lowest BCUT2D eigenvalue weighted by Gasteiger charge is -2.38. The summed E-state index contributed by atoms with van der Waals surface area (Å²) in [6.07, 6.45) is 15.5. The third-order valence-corrected chi connectivity index (χ3v) is 4.83. The number of rotatable bonds is 5. The third kappa shape index (κ3) is 3.05. The molecular formula is C20H22ClN. The first kappa shape index (κ1) is 15.2. The molecule has 0 aliphatic heterocycles. The van der Waals surface area contributed by atoms with Gasteiger partial charge in [-0.05, 0) is 62.1 Å². The number of allylic oxidation sites excluding steroid dienone is 5. The summed E-state index contributed by atoms with van der Waals surface area (Å²) in [6, 6.07) is 8.90. The first-order chi connectivity index (χ1) is 10.7. The summed E-state index contributed by atoms with van der Waals surface area (Å²) in [5.41, 5.74) is 4.08. The van der Waals surface area contributed by atoms with E-state index >= 15 is 0 Å². The van der Waals surface area contributed by atoms with E-state index in [2.05, 4.69) is 67.3 Å². The van der Waals surface area contributed by atoms with Gasteiger partial charge in [-0.15, -0.1) is 0 Å². The van der Waals surface area contributed by atoms with Crippen LogP contribution in [0.2, 0.25) is 5.02 Å². The Kier molecular flexibility index (Phi) is 4.54. The number of anilines is 1. The number of benzene rings is 1. The summed E-state index contributed by atoms with van der Waals surface area (Å²) in [5.74, 6) is 0. The topological polar surface area (TPSA) is 3.24 Å². The minimum absolute atomic E-state index is 0.344. The Morgan fingerprint density at radius 1 is 1.05 bits per heavy atom. The van der Waals surface area contributed by atoms with Crippen LogP contribution in [0.4, 0.5) is 5.69 Å². The van der Waals surface area contributed by atoms with Gasteiger partial charge in [0.2, 0.25) is 0 Å². The molecule has 2 unspecified atom stereocenters. The van der Waals surface area contributed by atoms with Crippen LogP contribution in [0.5, 0.6) is 0 Å². The van der Waals surface area contributed by atoms with Crippen LogP contribution >= 0.6 is 11.6 Å². The van der Waals surface area contributed by atoms with E-state index < -0.39 is 0 Å². The fourth-order valence-corrected chi connectivity index (χ4v) is 3.42. The summed E-state index contributed by atoms with van der Waals surface area (Å²) >= 11 is 6.07. The zero-order valence-corrected chi connectivity index (χ0v) is 13.9. The molecule has 0 spiro atoms. The highest BCUT2D eigenvalue weighted by molar-refractivity contribution is 6.30. The zero-order valence-electron chi connectivity index (χ0n) is 13.2. The van der Waals surface area contributed by atoms with Crippen LogP contribution in [0, 0.1) is 0 Å². The second kappa shape index (κ2) is 6.58. The molecule has 0 aromatic heterocycles. The minimum atomic E-state index is 0.344. The molecule has 3 rings (SSSR count).